The number of nitrogens with zero attached hydrogens (tertiary/aromatic N) is 1. The number of rotatable bonds is 3. The molecule has 3 rings (SSSR count). The molecular formula is C15H13N3O2S. The van der Waals surface area contributed by atoms with Gasteiger partial charge in [-0.3, -0.25) is 4.79 Å². The zero-order valence-corrected chi connectivity index (χ0v) is 12.1. The fraction of sp³-hybridized carbons (Fsp3) is 0.0667. The summed E-state index contributed by atoms with van der Waals surface area (Å²) in [6.07, 6.45) is 0. The highest BCUT2D eigenvalue weighted by molar-refractivity contribution is 7.20. The summed E-state index contributed by atoms with van der Waals surface area (Å²) < 4.78 is 6.75. The number of aromatic nitrogens is 1. The van der Waals surface area contributed by atoms with Gasteiger partial charge in [0.25, 0.3) is 5.19 Å². The molecule has 6 heteroatoms. The van der Waals surface area contributed by atoms with Crippen LogP contribution in [0.1, 0.15) is 6.92 Å². The number of fused-ring (bicyclic) bond motifs is 1. The van der Waals surface area contributed by atoms with Crippen LogP contribution in [-0.4, -0.2) is 10.9 Å². The Morgan fingerprint density at radius 2 is 2.10 bits per heavy atom. The maximum atomic E-state index is 11.2. The number of ether oxygens (including phenoxy) is 1. The number of carbonyl (C=O) groups is 1. The van der Waals surface area contributed by atoms with E-state index in [1.807, 2.05) is 24.3 Å². The van der Waals surface area contributed by atoms with Gasteiger partial charge >= 0.3 is 0 Å². The predicted octanol–water partition coefficient (Wildman–Crippen LogP) is 3.63. The highest BCUT2D eigenvalue weighted by Crippen LogP contribution is 2.35. The van der Waals surface area contributed by atoms with E-state index in [-0.39, 0.29) is 5.91 Å². The number of hydrogen-bond donors (Lipinski definition) is 2. The molecule has 1 amide bonds. The largest absolute Gasteiger partial charge is 0.429 e. The van der Waals surface area contributed by atoms with E-state index in [4.69, 9.17) is 10.5 Å². The van der Waals surface area contributed by atoms with Crippen molar-refractivity contribution in [3.05, 3.63) is 42.5 Å². The van der Waals surface area contributed by atoms with Gasteiger partial charge in [-0.2, -0.15) is 0 Å². The Morgan fingerprint density at radius 1 is 1.29 bits per heavy atom. The maximum absolute atomic E-state index is 11.2. The Kier molecular flexibility index (Phi) is 3.45. The van der Waals surface area contributed by atoms with Gasteiger partial charge in [-0.15, -0.1) is 0 Å². The van der Waals surface area contributed by atoms with Crippen LogP contribution in [0.4, 0.5) is 11.4 Å². The molecule has 0 unspecified atom stereocenters. The monoisotopic (exact) mass is 299 g/mol. The van der Waals surface area contributed by atoms with E-state index in [1.165, 1.54) is 18.3 Å². The number of para-hydroxylation sites is 2. The van der Waals surface area contributed by atoms with Gasteiger partial charge in [-0.1, -0.05) is 23.5 Å². The molecule has 0 aliphatic rings. The van der Waals surface area contributed by atoms with Gasteiger partial charge in [0.05, 0.1) is 15.9 Å². The lowest BCUT2D eigenvalue weighted by Crippen LogP contribution is -2.06. The summed E-state index contributed by atoms with van der Waals surface area (Å²) in [5.74, 6) is 0.405. The van der Waals surface area contributed by atoms with E-state index in [9.17, 15) is 4.79 Å². The summed E-state index contributed by atoms with van der Waals surface area (Å²) in [4.78, 5) is 15.6. The molecular weight excluding hydrogens is 286 g/mol. The number of nitrogens with two attached hydrogens (primary N) is 1. The van der Waals surface area contributed by atoms with Crippen molar-refractivity contribution in [1.82, 2.24) is 4.98 Å². The van der Waals surface area contributed by atoms with Gasteiger partial charge in [0.2, 0.25) is 5.91 Å². The first-order valence-electron chi connectivity index (χ1n) is 6.32. The summed E-state index contributed by atoms with van der Waals surface area (Å²) in [5.41, 5.74) is 7.90. The van der Waals surface area contributed by atoms with Crippen molar-refractivity contribution in [1.29, 1.82) is 0 Å². The summed E-state index contributed by atoms with van der Waals surface area (Å²) in [7, 11) is 0. The molecule has 0 atom stereocenters. The minimum Gasteiger partial charge on any atom is -0.429 e. The third-order valence-electron chi connectivity index (χ3n) is 2.79. The van der Waals surface area contributed by atoms with Crippen molar-refractivity contribution in [2.75, 3.05) is 11.1 Å². The zero-order chi connectivity index (χ0) is 14.8. The van der Waals surface area contributed by atoms with Gasteiger partial charge in [0.1, 0.15) is 0 Å². The van der Waals surface area contributed by atoms with Crippen molar-refractivity contribution in [3.8, 4) is 10.9 Å². The van der Waals surface area contributed by atoms with Crippen LogP contribution < -0.4 is 15.8 Å². The third kappa shape index (κ3) is 2.95. The Bertz CT molecular complexity index is 814. The molecule has 0 radical (unpaired) electrons. The zero-order valence-electron chi connectivity index (χ0n) is 11.3. The highest BCUT2D eigenvalue weighted by atomic mass is 32.1. The van der Waals surface area contributed by atoms with Crippen LogP contribution in [0, 0.1) is 0 Å². The molecule has 106 valence electrons. The van der Waals surface area contributed by atoms with Gasteiger partial charge in [0, 0.05) is 12.6 Å². The molecule has 0 saturated carbocycles. The predicted molar refractivity (Wildman–Crippen MR) is 84.9 cm³/mol. The van der Waals surface area contributed by atoms with Crippen LogP contribution >= 0.6 is 11.3 Å². The molecule has 5 nitrogen and oxygen atoms in total. The second-order valence-corrected chi connectivity index (χ2v) is 5.48. The number of amides is 1. The van der Waals surface area contributed by atoms with Crippen LogP contribution in [0.3, 0.4) is 0 Å². The molecule has 3 aromatic rings. The van der Waals surface area contributed by atoms with Crippen molar-refractivity contribution >= 4 is 38.8 Å². The molecule has 21 heavy (non-hydrogen) atoms. The van der Waals surface area contributed by atoms with Crippen molar-refractivity contribution in [3.63, 3.8) is 0 Å². The molecule has 0 spiro atoms. The topological polar surface area (TPSA) is 77.2 Å². The standard InChI is InChI=1S/C15H13N3O2S/c1-9(19)17-11-4-2-3-5-13(11)20-15-18-12-7-6-10(16)8-14(12)21-15/h2-8H,16H2,1H3,(H,17,19). The first kappa shape index (κ1) is 13.4. The Balaban J connectivity index is 1.93. The van der Waals surface area contributed by atoms with E-state index >= 15 is 0 Å². The van der Waals surface area contributed by atoms with E-state index in [0.29, 0.717) is 22.3 Å². The Morgan fingerprint density at radius 3 is 2.90 bits per heavy atom. The first-order valence-corrected chi connectivity index (χ1v) is 7.14. The lowest BCUT2D eigenvalue weighted by Gasteiger charge is -2.08. The molecule has 0 bridgehead atoms. The number of benzene rings is 2. The van der Waals surface area contributed by atoms with E-state index in [2.05, 4.69) is 10.3 Å². The van der Waals surface area contributed by atoms with Gasteiger partial charge < -0.3 is 15.8 Å². The van der Waals surface area contributed by atoms with Crippen LogP contribution in [0.5, 0.6) is 10.9 Å². The van der Waals surface area contributed by atoms with E-state index in [0.717, 1.165) is 10.2 Å². The molecule has 0 aliphatic carbocycles. The maximum Gasteiger partial charge on any atom is 0.279 e. The molecule has 1 aromatic heterocycles. The Hall–Kier alpha value is -2.60. The van der Waals surface area contributed by atoms with Gasteiger partial charge in [0.15, 0.2) is 5.75 Å². The molecule has 3 N–H and O–H groups in total. The summed E-state index contributed by atoms with van der Waals surface area (Å²) in [5, 5.41) is 3.24. The van der Waals surface area contributed by atoms with E-state index in [1.54, 1.807) is 18.2 Å². The highest BCUT2D eigenvalue weighted by Gasteiger charge is 2.10. The van der Waals surface area contributed by atoms with Gasteiger partial charge in [-0.25, -0.2) is 4.98 Å². The number of nitrogen functional groups attached to an aromatic ring is 1. The third-order valence-corrected chi connectivity index (χ3v) is 3.68. The summed E-state index contributed by atoms with van der Waals surface area (Å²) >= 11 is 1.41. The van der Waals surface area contributed by atoms with Crippen molar-refractivity contribution in [2.24, 2.45) is 0 Å². The SMILES string of the molecule is CC(=O)Nc1ccccc1Oc1nc2ccc(N)cc2s1. The summed E-state index contributed by atoms with van der Waals surface area (Å²) in [6, 6.07) is 12.8. The summed E-state index contributed by atoms with van der Waals surface area (Å²) in [6.45, 7) is 1.46. The fourth-order valence-corrected chi connectivity index (χ4v) is 2.78. The van der Waals surface area contributed by atoms with E-state index < -0.39 is 0 Å². The minimum absolute atomic E-state index is 0.150. The number of anilines is 2. The lowest BCUT2D eigenvalue weighted by molar-refractivity contribution is -0.114. The quantitative estimate of drug-likeness (QED) is 0.724. The Labute approximate surface area is 125 Å². The smallest absolute Gasteiger partial charge is 0.279 e. The van der Waals surface area contributed by atoms with Crippen molar-refractivity contribution in [2.45, 2.75) is 6.92 Å². The molecule has 1 heterocycles. The number of carbonyl (C=O) groups excluding carboxylic acids is 1. The number of nitrogens with one attached hydrogen (secondary N) is 1. The average Bonchev–Trinajstić information content (AvgIpc) is 2.82. The number of thiazole rings is 1. The lowest BCUT2D eigenvalue weighted by atomic mass is 10.3. The average molecular weight is 299 g/mol. The molecule has 0 fully saturated rings. The second-order valence-electron chi connectivity index (χ2n) is 4.49. The van der Waals surface area contributed by atoms with Crippen LogP contribution in [0.2, 0.25) is 0 Å². The van der Waals surface area contributed by atoms with Gasteiger partial charge in [-0.05, 0) is 30.3 Å². The molecule has 0 aliphatic heterocycles. The minimum atomic E-state index is -0.150. The van der Waals surface area contributed by atoms with Crippen LogP contribution in [0.15, 0.2) is 42.5 Å². The normalized spacial score (nSPS) is 10.5. The van der Waals surface area contributed by atoms with Crippen molar-refractivity contribution < 1.29 is 9.53 Å². The number of hydrogen-bond acceptors (Lipinski definition) is 5. The molecule has 2 aromatic carbocycles. The second kappa shape index (κ2) is 5.41. The first-order chi connectivity index (χ1) is 10.1. The molecule has 0 saturated heterocycles. The van der Waals surface area contributed by atoms with Crippen LogP contribution in [0.25, 0.3) is 10.2 Å². The fourth-order valence-electron chi connectivity index (χ4n) is 1.91. The van der Waals surface area contributed by atoms with Crippen LogP contribution in [-0.2, 0) is 4.79 Å².